The van der Waals surface area contributed by atoms with Gasteiger partial charge in [0.2, 0.25) is 0 Å². The fourth-order valence-corrected chi connectivity index (χ4v) is 4.27. The molecule has 0 bridgehead atoms. The van der Waals surface area contributed by atoms with Gasteiger partial charge in [0.25, 0.3) is 0 Å². The van der Waals surface area contributed by atoms with E-state index in [9.17, 15) is 0 Å². The lowest BCUT2D eigenvalue weighted by molar-refractivity contribution is 0.198. The predicted octanol–water partition coefficient (Wildman–Crippen LogP) is 4.79. The molecule has 3 aromatic heterocycles. The highest BCUT2D eigenvalue weighted by Gasteiger charge is 2.38. The van der Waals surface area contributed by atoms with E-state index in [2.05, 4.69) is 60.8 Å². The Hall–Kier alpha value is -1.83. The molecule has 144 valence electrons. The summed E-state index contributed by atoms with van der Waals surface area (Å²) in [6, 6.07) is 5.52. The van der Waals surface area contributed by atoms with Gasteiger partial charge in [-0.2, -0.15) is 5.10 Å². The highest BCUT2D eigenvalue weighted by molar-refractivity contribution is 6.74. The van der Waals surface area contributed by atoms with Crippen LogP contribution < -0.4 is 0 Å². The predicted molar refractivity (Wildman–Crippen MR) is 110 cm³/mol. The highest BCUT2D eigenvalue weighted by Crippen LogP contribution is 2.37. The molecule has 0 N–H and O–H groups in total. The van der Waals surface area contributed by atoms with Crippen LogP contribution in [-0.2, 0) is 10.8 Å². The van der Waals surface area contributed by atoms with Crippen LogP contribution in [0.5, 0.6) is 0 Å². The molecule has 6 nitrogen and oxygen atoms in total. The molecular formula is C19H26ClN5OSi. The summed E-state index contributed by atoms with van der Waals surface area (Å²) < 4.78 is 8.15. The lowest BCUT2D eigenvalue weighted by Crippen LogP contribution is -2.43. The van der Waals surface area contributed by atoms with Crippen molar-refractivity contribution in [2.75, 3.05) is 0 Å². The van der Waals surface area contributed by atoms with Crippen LogP contribution in [-0.4, -0.2) is 39.0 Å². The minimum absolute atomic E-state index is 0.0865. The average molecular weight is 404 g/mol. The van der Waals surface area contributed by atoms with Gasteiger partial charge >= 0.3 is 0 Å². The Balaban J connectivity index is 1.82. The van der Waals surface area contributed by atoms with Gasteiger partial charge in [-0.15, -0.1) is 0 Å². The maximum Gasteiger partial charge on any atom is 0.192 e. The molecule has 0 saturated carbocycles. The van der Waals surface area contributed by atoms with Gasteiger partial charge in [-0.3, -0.25) is 0 Å². The van der Waals surface area contributed by atoms with Crippen LogP contribution in [0.4, 0.5) is 0 Å². The van der Waals surface area contributed by atoms with Gasteiger partial charge < -0.3 is 4.43 Å². The topological polar surface area (TPSA) is 65.2 Å². The second-order valence-corrected chi connectivity index (χ2v) is 13.5. The Bertz CT molecular complexity index is 951. The molecule has 27 heavy (non-hydrogen) atoms. The van der Waals surface area contributed by atoms with E-state index < -0.39 is 8.32 Å². The Labute approximate surface area is 166 Å². The third kappa shape index (κ3) is 4.36. The lowest BCUT2D eigenvalue weighted by Gasteiger charge is -2.38. The monoisotopic (exact) mass is 403 g/mol. The molecule has 0 unspecified atom stereocenters. The second kappa shape index (κ2) is 7.29. The summed E-state index contributed by atoms with van der Waals surface area (Å²) in [6.45, 7) is 13.4. The zero-order valence-electron chi connectivity index (χ0n) is 16.7. The van der Waals surface area contributed by atoms with Crippen molar-refractivity contribution in [2.24, 2.45) is 0 Å². The largest absolute Gasteiger partial charge is 0.414 e. The number of nitrogens with zero attached hydrogens (tertiary/aromatic N) is 5. The first-order chi connectivity index (χ1) is 12.6. The first kappa shape index (κ1) is 19.9. The zero-order chi connectivity index (χ0) is 19.8. The van der Waals surface area contributed by atoms with Crippen molar-refractivity contribution < 1.29 is 4.43 Å². The summed E-state index contributed by atoms with van der Waals surface area (Å²) in [7, 11) is -1.81. The quantitative estimate of drug-likeness (QED) is 0.573. The Morgan fingerprint density at radius 2 is 1.93 bits per heavy atom. The van der Waals surface area contributed by atoms with Crippen molar-refractivity contribution in [1.29, 1.82) is 0 Å². The molecular weight excluding hydrogens is 378 g/mol. The van der Waals surface area contributed by atoms with Crippen LogP contribution in [0.1, 0.15) is 33.4 Å². The molecule has 3 heterocycles. The molecule has 1 atom stereocenters. The summed E-state index contributed by atoms with van der Waals surface area (Å²) in [5.41, 5.74) is 3.21. The molecule has 0 spiro atoms. The Kier molecular flexibility index (Phi) is 5.38. The molecule has 0 aromatic carbocycles. The normalized spacial score (nSPS) is 13.9. The minimum Gasteiger partial charge on any atom is -0.414 e. The summed E-state index contributed by atoms with van der Waals surface area (Å²) in [6.07, 6.45) is 4.14. The van der Waals surface area contributed by atoms with E-state index in [1.807, 2.05) is 12.1 Å². The van der Waals surface area contributed by atoms with Crippen LogP contribution in [0.3, 0.4) is 0 Å². The summed E-state index contributed by atoms with van der Waals surface area (Å²) in [5.74, 6) is 0. The first-order valence-corrected chi connectivity index (χ1v) is 12.3. The highest BCUT2D eigenvalue weighted by atomic mass is 35.5. The zero-order valence-corrected chi connectivity index (χ0v) is 18.4. The van der Waals surface area contributed by atoms with Crippen LogP contribution in [0.2, 0.25) is 23.3 Å². The van der Waals surface area contributed by atoms with Gasteiger partial charge in [0, 0.05) is 18.2 Å². The van der Waals surface area contributed by atoms with E-state index in [1.54, 1.807) is 23.1 Å². The van der Waals surface area contributed by atoms with Gasteiger partial charge in [0.15, 0.2) is 14.0 Å². The standard InChI is InChI=1S/C19H26ClN5OSi/c1-13(26-27(5,6)19(2,3)4)9-14-10-15(23-12-22-14)16-11-21-18-8-7-17(20)24-25(16)18/h7-8,10-13H,9H2,1-6H3/t13-/m0/s1. The number of rotatable bonds is 5. The maximum atomic E-state index is 6.45. The van der Waals surface area contributed by atoms with Crippen molar-refractivity contribution in [2.45, 2.75) is 58.4 Å². The molecule has 3 rings (SSSR count). The number of halogens is 1. The average Bonchev–Trinajstić information content (AvgIpc) is 2.96. The molecule has 0 saturated heterocycles. The van der Waals surface area contributed by atoms with Crippen molar-refractivity contribution in [1.82, 2.24) is 24.6 Å². The molecule has 0 aliphatic carbocycles. The fraction of sp³-hybridized carbons (Fsp3) is 0.474. The fourth-order valence-electron chi connectivity index (χ4n) is 2.69. The van der Waals surface area contributed by atoms with E-state index in [1.165, 1.54) is 0 Å². The number of hydrogen-bond donors (Lipinski definition) is 0. The summed E-state index contributed by atoms with van der Waals surface area (Å²) in [5, 5.41) is 4.91. The number of imidazole rings is 1. The molecule has 8 heteroatoms. The lowest BCUT2D eigenvalue weighted by atomic mass is 10.2. The summed E-state index contributed by atoms with van der Waals surface area (Å²) in [4.78, 5) is 13.2. The van der Waals surface area contributed by atoms with Gasteiger partial charge in [-0.05, 0) is 43.3 Å². The molecule has 0 aliphatic rings. The van der Waals surface area contributed by atoms with E-state index in [4.69, 9.17) is 16.0 Å². The SMILES string of the molecule is C[C@@H](Cc1cc(-c2cnc3ccc(Cl)nn23)ncn1)O[Si](C)(C)C(C)(C)C. The smallest absolute Gasteiger partial charge is 0.192 e. The summed E-state index contributed by atoms with van der Waals surface area (Å²) >= 11 is 6.03. The maximum absolute atomic E-state index is 6.45. The van der Waals surface area contributed by atoms with E-state index >= 15 is 0 Å². The van der Waals surface area contributed by atoms with E-state index in [0.29, 0.717) is 5.15 Å². The molecule has 0 amide bonds. The minimum atomic E-state index is -1.81. The van der Waals surface area contributed by atoms with Gasteiger partial charge in [0.05, 0.1) is 11.9 Å². The third-order valence-corrected chi connectivity index (χ3v) is 9.92. The molecule has 0 radical (unpaired) electrons. The number of fused-ring (bicyclic) bond motifs is 1. The van der Waals surface area contributed by atoms with Crippen LogP contribution in [0.25, 0.3) is 17.0 Å². The van der Waals surface area contributed by atoms with Crippen LogP contribution >= 0.6 is 11.6 Å². The molecule has 0 fully saturated rings. The van der Waals surface area contributed by atoms with Crippen molar-refractivity contribution in [3.05, 3.63) is 41.6 Å². The number of hydrogen-bond acceptors (Lipinski definition) is 5. The van der Waals surface area contributed by atoms with Gasteiger partial charge in [0.1, 0.15) is 17.2 Å². The van der Waals surface area contributed by atoms with Crippen LogP contribution in [0.15, 0.2) is 30.7 Å². The third-order valence-electron chi connectivity index (χ3n) is 5.11. The second-order valence-electron chi connectivity index (χ2n) is 8.36. The van der Waals surface area contributed by atoms with Gasteiger partial charge in [-0.1, -0.05) is 32.4 Å². The van der Waals surface area contributed by atoms with E-state index in [-0.39, 0.29) is 11.1 Å². The van der Waals surface area contributed by atoms with Gasteiger partial charge in [-0.25, -0.2) is 19.5 Å². The van der Waals surface area contributed by atoms with Crippen molar-refractivity contribution in [3.63, 3.8) is 0 Å². The molecule has 3 aromatic rings. The van der Waals surface area contributed by atoms with Crippen LogP contribution in [0, 0.1) is 0 Å². The van der Waals surface area contributed by atoms with Crippen molar-refractivity contribution in [3.8, 4) is 11.4 Å². The Morgan fingerprint density at radius 3 is 2.63 bits per heavy atom. The van der Waals surface area contributed by atoms with E-state index in [0.717, 1.165) is 29.1 Å². The van der Waals surface area contributed by atoms with Crippen molar-refractivity contribution >= 4 is 25.6 Å². The first-order valence-electron chi connectivity index (χ1n) is 9.06. The Morgan fingerprint density at radius 1 is 1.19 bits per heavy atom. The molecule has 0 aliphatic heterocycles. The number of aromatic nitrogens is 5.